The largest absolute Gasteiger partial charge is 0.506 e. The fraction of sp³-hybridized carbons (Fsp3) is 0.125. The SMILES string of the molecule is O=C(NCC#Cc1cncc(O)c1)OCc1ccccc1. The standard InChI is InChI=1S/C16H14N2O3/c19-15-9-14(10-17-11-15)7-4-8-18-16(20)21-12-13-5-2-1-3-6-13/h1-3,5-6,9-11,19H,8,12H2,(H,18,20). The second kappa shape index (κ2) is 7.56. The monoisotopic (exact) mass is 282 g/mol. The molecule has 106 valence electrons. The quantitative estimate of drug-likeness (QED) is 0.845. The molecule has 0 fully saturated rings. The number of aromatic nitrogens is 1. The third kappa shape index (κ3) is 5.25. The molecule has 0 aliphatic heterocycles. The number of carbonyl (C=O) groups is 1. The fourth-order valence-corrected chi connectivity index (χ4v) is 1.53. The van der Waals surface area contributed by atoms with Gasteiger partial charge in [0.05, 0.1) is 12.7 Å². The maximum absolute atomic E-state index is 11.4. The van der Waals surface area contributed by atoms with Crippen LogP contribution in [0.3, 0.4) is 0 Å². The van der Waals surface area contributed by atoms with Crippen molar-refractivity contribution in [1.82, 2.24) is 10.3 Å². The number of aromatic hydroxyl groups is 1. The molecule has 5 heteroatoms. The number of alkyl carbamates (subject to hydrolysis) is 1. The van der Waals surface area contributed by atoms with E-state index in [1.165, 1.54) is 18.5 Å². The van der Waals surface area contributed by atoms with Crippen molar-refractivity contribution in [1.29, 1.82) is 0 Å². The Kier molecular flexibility index (Phi) is 5.18. The predicted octanol–water partition coefficient (Wildman–Crippen LogP) is 2.07. The van der Waals surface area contributed by atoms with E-state index in [1.807, 2.05) is 30.3 Å². The minimum atomic E-state index is -0.526. The van der Waals surface area contributed by atoms with Gasteiger partial charge in [-0.1, -0.05) is 42.2 Å². The van der Waals surface area contributed by atoms with Crippen LogP contribution < -0.4 is 5.32 Å². The Balaban J connectivity index is 1.72. The van der Waals surface area contributed by atoms with Crippen LogP contribution in [0.5, 0.6) is 5.75 Å². The smallest absolute Gasteiger partial charge is 0.408 e. The molecule has 2 N–H and O–H groups in total. The molecule has 0 aliphatic rings. The zero-order valence-corrected chi connectivity index (χ0v) is 11.2. The summed E-state index contributed by atoms with van der Waals surface area (Å²) in [5.74, 6) is 5.57. The summed E-state index contributed by atoms with van der Waals surface area (Å²) in [6, 6.07) is 10.9. The fourth-order valence-electron chi connectivity index (χ4n) is 1.53. The number of nitrogens with zero attached hydrogens (tertiary/aromatic N) is 1. The van der Waals surface area contributed by atoms with Gasteiger partial charge in [0.25, 0.3) is 0 Å². The van der Waals surface area contributed by atoms with Crippen molar-refractivity contribution in [3.8, 4) is 17.6 Å². The Morgan fingerprint density at radius 1 is 1.29 bits per heavy atom. The minimum absolute atomic E-state index is 0.0528. The second-order valence-corrected chi connectivity index (χ2v) is 4.15. The summed E-state index contributed by atoms with van der Waals surface area (Å²) in [6.45, 7) is 0.375. The van der Waals surface area contributed by atoms with Crippen LogP contribution in [-0.4, -0.2) is 22.7 Å². The average molecular weight is 282 g/mol. The number of amides is 1. The number of benzene rings is 1. The maximum atomic E-state index is 11.4. The maximum Gasteiger partial charge on any atom is 0.408 e. The predicted molar refractivity (Wildman–Crippen MR) is 77.4 cm³/mol. The molecule has 5 nitrogen and oxygen atoms in total. The summed E-state index contributed by atoms with van der Waals surface area (Å²) in [5, 5.41) is 11.7. The summed E-state index contributed by atoms with van der Waals surface area (Å²) in [6.07, 6.45) is 2.33. The zero-order chi connectivity index (χ0) is 14.9. The molecule has 0 saturated carbocycles. The summed E-state index contributed by atoms with van der Waals surface area (Å²) < 4.78 is 5.03. The van der Waals surface area contributed by atoms with E-state index in [0.717, 1.165) is 5.56 Å². The Morgan fingerprint density at radius 2 is 2.10 bits per heavy atom. The molecular weight excluding hydrogens is 268 g/mol. The molecule has 0 saturated heterocycles. The van der Waals surface area contributed by atoms with Crippen LogP contribution in [0.25, 0.3) is 0 Å². The Hall–Kier alpha value is -3.00. The lowest BCUT2D eigenvalue weighted by Crippen LogP contribution is -2.24. The van der Waals surface area contributed by atoms with E-state index in [4.69, 9.17) is 4.74 Å². The van der Waals surface area contributed by atoms with E-state index < -0.39 is 6.09 Å². The number of hydrogen-bond donors (Lipinski definition) is 2. The van der Waals surface area contributed by atoms with E-state index in [1.54, 1.807) is 0 Å². The molecule has 1 heterocycles. The van der Waals surface area contributed by atoms with Crippen LogP contribution in [0.15, 0.2) is 48.8 Å². The highest BCUT2D eigenvalue weighted by Gasteiger charge is 2.00. The molecular formula is C16H14N2O3. The molecule has 2 rings (SSSR count). The van der Waals surface area contributed by atoms with Crippen LogP contribution in [0, 0.1) is 11.8 Å². The van der Waals surface area contributed by atoms with Gasteiger partial charge in [0.1, 0.15) is 12.4 Å². The van der Waals surface area contributed by atoms with Crippen molar-refractivity contribution in [2.24, 2.45) is 0 Å². The van der Waals surface area contributed by atoms with E-state index in [-0.39, 0.29) is 18.9 Å². The molecule has 2 aromatic rings. The van der Waals surface area contributed by atoms with Gasteiger partial charge in [-0.05, 0) is 11.6 Å². The van der Waals surface area contributed by atoms with Crippen molar-refractivity contribution in [3.05, 3.63) is 59.9 Å². The average Bonchev–Trinajstić information content (AvgIpc) is 2.51. The number of ether oxygens (including phenoxy) is 1. The summed E-state index contributed by atoms with van der Waals surface area (Å²) in [7, 11) is 0. The number of hydrogen-bond acceptors (Lipinski definition) is 4. The number of carbonyl (C=O) groups excluding carboxylic acids is 1. The lowest BCUT2D eigenvalue weighted by Gasteiger charge is -2.04. The molecule has 1 amide bonds. The van der Waals surface area contributed by atoms with E-state index >= 15 is 0 Å². The van der Waals surface area contributed by atoms with Crippen molar-refractivity contribution in [2.75, 3.05) is 6.54 Å². The Labute approximate surface area is 122 Å². The van der Waals surface area contributed by atoms with Gasteiger partial charge >= 0.3 is 6.09 Å². The normalized spacial score (nSPS) is 9.33. The highest BCUT2D eigenvalue weighted by Crippen LogP contribution is 2.06. The van der Waals surface area contributed by atoms with Gasteiger partial charge in [-0.3, -0.25) is 4.98 Å². The second-order valence-electron chi connectivity index (χ2n) is 4.15. The zero-order valence-electron chi connectivity index (χ0n) is 11.2. The molecule has 0 bridgehead atoms. The van der Waals surface area contributed by atoms with Gasteiger partial charge in [0.15, 0.2) is 0 Å². The van der Waals surface area contributed by atoms with E-state index in [9.17, 15) is 9.90 Å². The van der Waals surface area contributed by atoms with Crippen LogP contribution in [0.2, 0.25) is 0 Å². The van der Waals surface area contributed by atoms with Crippen LogP contribution in [0.1, 0.15) is 11.1 Å². The number of nitrogens with one attached hydrogen (secondary N) is 1. The first-order chi connectivity index (χ1) is 10.2. The lowest BCUT2D eigenvalue weighted by atomic mass is 10.2. The summed E-state index contributed by atoms with van der Waals surface area (Å²) >= 11 is 0. The Morgan fingerprint density at radius 3 is 2.86 bits per heavy atom. The molecule has 0 atom stereocenters. The van der Waals surface area contributed by atoms with E-state index in [2.05, 4.69) is 22.1 Å². The summed E-state index contributed by atoms with van der Waals surface area (Å²) in [4.78, 5) is 15.2. The number of rotatable bonds is 3. The van der Waals surface area contributed by atoms with Crippen LogP contribution >= 0.6 is 0 Å². The van der Waals surface area contributed by atoms with Gasteiger partial charge in [0.2, 0.25) is 0 Å². The van der Waals surface area contributed by atoms with Crippen molar-refractivity contribution in [3.63, 3.8) is 0 Å². The molecule has 1 aromatic heterocycles. The Bertz CT molecular complexity index is 660. The lowest BCUT2D eigenvalue weighted by molar-refractivity contribution is 0.141. The first-order valence-corrected chi connectivity index (χ1v) is 6.31. The van der Waals surface area contributed by atoms with Crippen molar-refractivity contribution in [2.45, 2.75) is 6.61 Å². The van der Waals surface area contributed by atoms with Crippen LogP contribution in [0.4, 0.5) is 4.79 Å². The van der Waals surface area contributed by atoms with Crippen molar-refractivity contribution < 1.29 is 14.6 Å². The van der Waals surface area contributed by atoms with E-state index in [0.29, 0.717) is 5.56 Å². The highest BCUT2D eigenvalue weighted by molar-refractivity contribution is 5.67. The molecule has 0 spiro atoms. The molecule has 21 heavy (non-hydrogen) atoms. The topological polar surface area (TPSA) is 71.5 Å². The van der Waals surface area contributed by atoms with Crippen LogP contribution in [-0.2, 0) is 11.3 Å². The molecule has 0 radical (unpaired) electrons. The van der Waals surface area contributed by atoms with Gasteiger partial charge in [-0.25, -0.2) is 4.79 Å². The summed E-state index contributed by atoms with van der Waals surface area (Å²) in [5.41, 5.74) is 1.50. The van der Waals surface area contributed by atoms with Gasteiger partial charge in [0, 0.05) is 11.8 Å². The van der Waals surface area contributed by atoms with Gasteiger partial charge < -0.3 is 15.2 Å². The number of pyridine rings is 1. The van der Waals surface area contributed by atoms with Crippen molar-refractivity contribution >= 4 is 6.09 Å². The third-order valence-corrected chi connectivity index (χ3v) is 2.49. The first kappa shape index (κ1) is 14.4. The third-order valence-electron chi connectivity index (χ3n) is 2.49. The first-order valence-electron chi connectivity index (χ1n) is 6.31. The van der Waals surface area contributed by atoms with Gasteiger partial charge in [-0.2, -0.15) is 0 Å². The minimum Gasteiger partial charge on any atom is -0.506 e. The molecule has 0 unspecified atom stereocenters. The molecule has 1 aromatic carbocycles. The highest BCUT2D eigenvalue weighted by atomic mass is 16.5. The molecule has 0 aliphatic carbocycles. The van der Waals surface area contributed by atoms with Gasteiger partial charge in [-0.15, -0.1) is 0 Å².